The monoisotopic (exact) mass is 1090 g/mol. The number of benzene rings is 2. The smallest absolute Gasteiger partial charge is 0.224 e. The molecule has 0 aliphatic carbocycles. The van der Waals surface area contributed by atoms with Gasteiger partial charge in [0.05, 0.1) is 38.2 Å². The number of fused-ring (bicyclic) bond motifs is 2. The zero-order valence-electron chi connectivity index (χ0n) is 41.8. The van der Waals surface area contributed by atoms with Crippen LogP contribution in [0.2, 0.25) is 0 Å². The van der Waals surface area contributed by atoms with Crippen LogP contribution in [0.3, 0.4) is 0 Å². The van der Waals surface area contributed by atoms with Crippen molar-refractivity contribution in [2.24, 2.45) is 17.8 Å². The molecule has 0 bridgehead atoms. The maximum atomic E-state index is 12.3. The van der Waals surface area contributed by atoms with Crippen LogP contribution in [0.1, 0.15) is 129 Å². The van der Waals surface area contributed by atoms with E-state index < -0.39 is 9.84 Å². The minimum Gasteiger partial charge on any atom is -0.356 e. The third kappa shape index (κ3) is 23.9. The quantitative estimate of drug-likeness (QED) is 0.0334. The van der Waals surface area contributed by atoms with Crippen molar-refractivity contribution in [2.75, 3.05) is 25.9 Å². The van der Waals surface area contributed by atoms with E-state index >= 15 is 0 Å². The number of unbranched alkanes of at least 4 members (excludes halogenated alkanes) is 3. The topological polar surface area (TPSA) is 164 Å². The zero-order valence-corrected chi connectivity index (χ0v) is 49.2. The van der Waals surface area contributed by atoms with E-state index in [1.54, 1.807) is 45.9 Å². The summed E-state index contributed by atoms with van der Waals surface area (Å²) in [4.78, 5) is 55.4. The van der Waals surface area contributed by atoms with E-state index in [9.17, 15) is 27.6 Å². The lowest BCUT2D eigenvalue weighted by molar-refractivity contribution is -0.126. The number of carbonyl (C=O) groups excluding carboxylic acids is 4. The number of carbonyl (C=O) groups is 4. The molecule has 11 nitrogen and oxygen atoms in total. The van der Waals surface area contributed by atoms with Gasteiger partial charge in [0, 0.05) is 47.1 Å². The largest absolute Gasteiger partial charge is 0.356 e. The van der Waals surface area contributed by atoms with Crippen LogP contribution in [-0.4, -0.2) is 81.4 Å². The Balaban J connectivity index is 0.000000459. The molecule has 0 radical (unpaired) electrons. The lowest BCUT2D eigenvalue weighted by Gasteiger charge is -2.29. The van der Waals surface area contributed by atoms with Crippen LogP contribution < -0.4 is 16.0 Å². The molecular formula is C47H75N5O6S9. The van der Waals surface area contributed by atoms with Gasteiger partial charge in [-0.2, -0.15) is 0 Å². The minimum absolute atomic E-state index is 0.0122. The van der Waals surface area contributed by atoms with Gasteiger partial charge in [-0.05, 0) is 107 Å². The second kappa shape index (κ2) is 31.6. The Morgan fingerprint density at radius 3 is 1.40 bits per heavy atom. The molecule has 2 heterocycles. The van der Waals surface area contributed by atoms with Crippen molar-refractivity contribution < 1.29 is 27.6 Å². The summed E-state index contributed by atoms with van der Waals surface area (Å²) in [5.74, 6) is 0.162. The van der Waals surface area contributed by atoms with Crippen molar-refractivity contribution in [1.29, 1.82) is 0 Å². The van der Waals surface area contributed by atoms with E-state index in [0.717, 1.165) is 78.2 Å². The molecule has 4 rings (SSSR count). The molecule has 0 aliphatic rings. The molecule has 0 fully saturated rings. The number of rotatable bonds is 22. The number of nitrogens with one attached hydrogen (secondary N) is 3. The number of hydrogen-bond acceptors (Lipinski definition) is 16. The van der Waals surface area contributed by atoms with E-state index in [2.05, 4.69) is 78.3 Å². The van der Waals surface area contributed by atoms with Gasteiger partial charge >= 0.3 is 0 Å². The Labute approximate surface area is 435 Å². The fraction of sp³-hybridized carbons (Fsp3) is 0.617. The summed E-state index contributed by atoms with van der Waals surface area (Å²) in [5, 5.41) is 8.97. The minimum atomic E-state index is -3.16. The van der Waals surface area contributed by atoms with Gasteiger partial charge in [0.2, 0.25) is 31.9 Å². The molecule has 0 spiro atoms. The van der Waals surface area contributed by atoms with Crippen molar-refractivity contribution in [3.8, 4) is 0 Å². The van der Waals surface area contributed by atoms with E-state index in [4.69, 9.17) is 0 Å². The molecular weight excluding hydrogens is 1020 g/mol. The van der Waals surface area contributed by atoms with Gasteiger partial charge in [0.1, 0.15) is 0 Å². The molecule has 2 aromatic carbocycles. The summed E-state index contributed by atoms with van der Waals surface area (Å²) >= 11 is 7.09. The lowest BCUT2D eigenvalue weighted by Crippen LogP contribution is -2.39. The summed E-state index contributed by atoms with van der Waals surface area (Å²) in [6.45, 7) is 28.4. The Morgan fingerprint density at radius 1 is 0.642 bits per heavy atom. The van der Waals surface area contributed by atoms with Crippen LogP contribution >= 0.6 is 88.3 Å². The Kier molecular flexibility index (Phi) is 29.9. The molecule has 0 aliphatic heterocycles. The second-order valence-corrected chi connectivity index (χ2v) is 29.5. The Hall–Kier alpha value is -1.65. The normalized spacial score (nSPS) is 13.1. The molecule has 2 aromatic heterocycles. The Bertz CT molecular complexity index is 2160. The molecule has 0 saturated carbocycles. The predicted molar refractivity (Wildman–Crippen MR) is 302 cm³/mol. The van der Waals surface area contributed by atoms with Gasteiger partial charge in [0.25, 0.3) is 0 Å². The van der Waals surface area contributed by atoms with Crippen LogP contribution in [0.5, 0.6) is 0 Å². The average Bonchev–Trinajstić information content (AvgIpc) is 3.93. The SMILES string of the molecule is CCCCNC(=O)[C@@H](C)C(C)(C)SS.CCCCNC(=O)[C@@H](C)C(C)(C)SSC(C)=O.CCCCNC(=O)[C@@H](C)C(C)(C)SSc1nc2ccccc2s1.CS(=O)(=O)c1nc2ccccc2s1. The second-order valence-electron chi connectivity index (χ2n) is 17.5. The summed E-state index contributed by atoms with van der Waals surface area (Å²) in [6.07, 6.45) is 7.55. The van der Waals surface area contributed by atoms with Gasteiger partial charge in [0.15, 0.2) is 9.45 Å². The number of amides is 3. The summed E-state index contributed by atoms with van der Waals surface area (Å²) < 4.78 is 25.1. The number of nitrogens with zero attached hydrogens (tertiary/aromatic N) is 2. The first-order chi connectivity index (χ1) is 31.3. The van der Waals surface area contributed by atoms with E-state index in [0.29, 0.717) is 0 Å². The first kappa shape index (κ1) is 63.4. The van der Waals surface area contributed by atoms with Gasteiger partial charge in [-0.1, -0.05) is 117 Å². The first-order valence-electron chi connectivity index (χ1n) is 22.6. The Morgan fingerprint density at radius 2 is 1.03 bits per heavy atom. The average molecular weight is 1090 g/mol. The van der Waals surface area contributed by atoms with Crippen LogP contribution in [0.15, 0.2) is 57.2 Å². The predicted octanol–water partition coefficient (Wildman–Crippen LogP) is 13.2. The number of sulfone groups is 1. The van der Waals surface area contributed by atoms with Gasteiger partial charge < -0.3 is 16.0 Å². The van der Waals surface area contributed by atoms with Gasteiger partial charge in [-0.3, -0.25) is 19.2 Å². The van der Waals surface area contributed by atoms with E-state index in [1.807, 2.05) is 84.9 Å². The maximum Gasteiger partial charge on any atom is 0.224 e. The number of para-hydroxylation sites is 2. The zero-order chi connectivity index (χ0) is 51.0. The van der Waals surface area contributed by atoms with Gasteiger partial charge in [-0.25, -0.2) is 18.4 Å². The fourth-order valence-electron chi connectivity index (χ4n) is 5.00. The summed E-state index contributed by atoms with van der Waals surface area (Å²) in [6, 6.07) is 15.6. The fourth-order valence-corrected chi connectivity index (χ4v) is 13.4. The molecule has 20 heteroatoms. The van der Waals surface area contributed by atoms with Crippen LogP contribution in [0.25, 0.3) is 20.4 Å². The molecule has 4 aromatic rings. The molecule has 3 amide bonds. The maximum absolute atomic E-state index is 12.3. The highest BCUT2D eigenvalue weighted by Crippen LogP contribution is 2.46. The molecule has 3 atom stereocenters. The third-order valence-electron chi connectivity index (χ3n) is 10.6. The van der Waals surface area contributed by atoms with Gasteiger partial charge in [-0.15, -0.1) is 34.3 Å². The van der Waals surface area contributed by atoms with Crippen molar-refractivity contribution in [3.63, 3.8) is 0 Å². The standard InChI is InChI=1S/C17H24N2OS3.C12H23NO2S2.C10H21NOS2.C8H7NO2S2/c1-5-6-11-18-15(20)12(2)17(3,4)23-22-16-19-13-9-7-8-10-14(13)21-16;1-6-7-8-13-11(15)9(2)12(4,5)17-16-10(3)14;1-5-6-7-11-9(12)8(2)10(3,4)14-13;1-13(10,11)8-9-6-4-2-3-5-7(6)12-8/h7-10,12H,5-6,11H2,1-4H3,(H,18,20);9H,6-8H2,1-5H3,(H,13,15);8,13H,5-7H2,1-4H3,(H,11,12);2-5H,1H3/t12-;9-;8-;/m111./s1. The summed E-state index contributed by atoms with van der Waals surface area (Å²) in [5.41, 5.74) is 1.79. The lowest BCUT2D eigenvalue weighted by atomic mass is 9.96. The third-order valence-corrected chi connectivity index (χ3v) is 23.7. The highest BCUT2D eigenvalue weighted by Gasteiger charge is 2.34. The van der Waals surface area contributed by atoms with Crippen LogP contribution in [-0.2, 0) is 29.0 Å². The van der Waals surface area contributed by atoms with E-state index in [-0.39, 0.29) is 59.2 Å². The first-order valence-corrected chi connectivity index (χ1v) is 32.3. The molecule has 3 N–H and O–H groups in total. The van der Waals surface area contributed by atoms with Crippen molar-refractivity contribution in [3.05, 3.63) is 48.5 Å². The number of thiazole rings is 2. The van der Waals surface area contributed by atoms with Crippen molar-refractivity contribution in [2.45, 2.75) is 151 Å². The van der Waals surface area contributed by atoms with Crippen LogP contribution in [0, 0.1) is 17.8 Å². The van der Waals surface area contributed by atoms with Crippen molar-refractivity contribution >= 4 is 141 Å². The summed E-state index contributed by atoms with van der Waals surface area (Å²) in [7, 11) is 4.36. The van der Waals surface area contributed by atoms with E-state index in [1.165, 1.54) is 54.7 Å². The number of thiol groups is 1. The molecule has 67 heavy (non-hydrogen) atoms. The molecule has 0 unspecified atom stereocenters. The van der Waals surface area contributed by atoms with Crippen LogP contribution in [0.4, 0.5) is 0 Å². The molecule has 378 valence electrons. The number of hydrogen-bond donors (Lipinski definition) is 4. The highest BCUT2D eigenvalue weighted by molar-refractivity contribution is 8.82. The highest BCUT2D eigenvalue weighted by atomic mass is 33.1. The molecule has 0 saturated heterocycles. The number of aromatic nitrogens is 2. The van der Waals surface area contributed by atoms with Crippen molar-refractivity contribution in [1.82, 2.24) is 25.9 Å².